The van der Waals surface area contributed by atoms with Gasteiger partial charge < -0.3 is 23.8 Å². The molecule has 140 valence electrons. The standard InChI is InChI=1S/C19H29NO5/c1-22-15-7-5-9-20(13-15)10-6-8-16(21)14-11-17(23-2)19(25-4)18(12-14)24-3/h11-12,15H,5-10,13H2,1-4H3. The molecule has 1 aliphatic rings. The van der Waals surface area contributed by atoms with E-state index in [1.54, 1.807) is 40.6 Å². The average molecular weight is 351 g/mol. The van der Waals surface area contributed by atoms with Gasteiger partial charge in [-0.15, -0.1) is 0 Å². The summed E-state index contributed by atoms with van der Waals surface area (Å²) >= 11 is 0. The summed E-state index contributed by atoms with van der Waals surface area (Å²) in [6.07, 6.45) is 3.91. The summed E-state index contributed by atoms with van der Waals surface area (Å²) in [5, 5.41) is 0. The molecule has 1 aliphatic heterocycles. The first-order chi connectivity index (χ1) is 12.1. The van der Waals surface area contributed by atoms with Crippen LogP contribution in [-0.2, 0) is 4.74 Å². The SMILES string of the molecule is COc1cc(C(=O)CCCN2CCCC(OC)C2)cc(OC)c1OC. The number of rotatable bonds is 9. The summed E-state index contributed by atoms with van der Waals surface area (Å²) in [4.78, 5) is 14.9. The zero-order valence-corrected chi connectivity index (χ0v) is 15.7. The van der Waals surface area contributed by atoms with Gasteiger partial charge in [-0.25, -0.2) is 0 Å². The van der Waals surface area contributed by atoms with Gasteiger partial charge in [0, 0.05) is 25.6 Å². The molecule has 6 heteroatoms. The van der Waals surface area contributed by atoms with E-state index in [1.807, 2.05) is 0 Å². The van der Waals surface area contributed by atoms with E-state index in [2.05, 4.69) is 4.90 Å². The topological polar surface area (TPSA) is 57.2 Å². The Hall–Kier alpha value is -1.79. The molecule has 0 aromatic heterocycles. The molecule has 1 saturated heterocycles. The van der Waals surface area contributed by atoms with Crippen LogP contribution < -0.4 is 14.2 Å². The molecule has 0 bridgehead atoms. The highest BCUT2D eigenvalue weighted by molar-refractivity contribution is 5.97. The largest absolute Gasteiger partial charge is 0.493 e. The minimum atomic E-state index is 0.0829. The lowest BCUT2D eigenvalue weighted by Crippen LogP contribution is -2.39. The fourth-order valence-electron chi connectivity index (χ4n) is 3.26. The number of likely N-dealkylation sites (tertiary alicyclic amines) is 1. The fraction of sp³-hybridized carbons (Fsp3) is 0.632. The number of ether oxygens (including phenoxy) is 4. The zero-order chi connectivity index (χ0) is 18.2. The molecule has 2 rings (SSSR count). The minimum absolute atomic E-state index is 0.0829. The normalized spacial score (nSPS) is 18.0. The number of ketones is 1. The monoisotopic (exact) mass is 351 g/mol. The van der Waals surface area contributed by atoms with Crippen molar-refractivity contribution in [3.8, 4) is 17.2 Å². The van der Waals surface area contributed by atoms with E-state index in [0.717, 1.165) is 38.9 Å². The summed E-state index contributed by atoms with van der Waals surface area (Å²) in [5.41, 5.74) is 0.586. The number of nitrogens with zero attached hydrogens (tertiary/aromatic N) is 1. The van der Waals surface area contributed by atoms with Crippen molar-refractivity contribution in [2.75, 3.05) is 48.1 Å². The third-order valence-corrected chi connectivity index (χ3v) is 4.66. The van der Waals surface area contributed by atoms with Crippen LogP contribution in [0.5, 0.6) is 17.2 Å². The van der Waals surface area contributed by atoms with Crippen molar-refractivity contribution in [1.82, 2.24) is 4.90 Å². The van der Waals surface area contributed by atoms with Crippen molar-refractivity contribution in [3.05, 3.63) is 17.7 Å². The second-order valence-corrected chi connectivity index (χ2v) is 6.24. The van der Waals surface area contributed by atoms with Crippen molar-refractivity contribution < 1.29 is 23.7 Å². The molecule has 1 heterocycles. The van der Waals surface area contributed by atoms with Gasteiger partial charge in [0.1, 0.15) is 0 Å². The summed E-state index contributed by atoms with van der Waals surface area (Å²) in [6, 6.07) is 3.43. The number of Topliss-reactive ketones (excluding diaryl/α,β-unsaturated/α-hetero) is 1. The van der Waals surface area contributed by atoms with Crippen molar-refractivity contribution in [2.45, 2.75) is 31.8 Å². The van der Waals surface area contributed by atoms with Gasteiger partial charge in [-0.05, 0) is 44.5 Å². The summed E-state index contributed by atoms with van der Waals surface area (Å²) < 4.78 is 21.4. The summed E-state index contributed by atoms with van der Waals surface area (Å²) in [7, 11) is 6.41. The molecular formula is C19H29NO5. The highest BCUT2D eigenvalue weighted by Gasteiger charge is 2.20. The lowest BCUT2D eigenvalue weighted by Gasteiger charge is -2.31. The molecule has 25 heavy (non-hydrogen) atoms. The number of benzene rings is 1. The van der Waals surface area contributed by atoms with Crippen LogP contribution in [-0.4, -0.2) is 64.9 Å². The quantitative estimate of drug-likeness (QED) is 0.638. The van der Waals surface area contributed by atoms with Crippen molar-refractivity contribution in [2.24, 2.45) is 0 Å². The molecule has 0 radical (unpaired) electrons. The second kappa shape index (κ2) is 9.63. The first kappa shape index (κ1) is 19.5. The maximum Gasteiger partial charge on any atom is 0.203 e. The molecule has 0 N–H and O–H groups in total. The lowest BCUT2D eigenvalue weighted by molar-refractivity contribution is 0.0309. The van der Waals surface area contributed by atoms with Gasteiger partial charge in [-0.2, -0.15) is 0 Å². The van der Waals surface area contributed by atoms with E-state index in [9.17, 15) is 4.79 Å². The van der Waals surface area contributed by atoms with Crippen LogP contribution in [0.4, 0.5) is 0 Å². The molecule has 0 amide bonds. The van der Waals surface area contributed by atoms with Crippen molar-refractivity contribution in [3.63, 3.8) is 0 Å². The number of hydrogen-bond donors (Lipinski definition) is 0. The Kier molecular flexibility index (Phi) is 7.52. The lowest BCUT2D eigenvalue weighted by atomic mass is 10.0. The predicted molar refractivity (Wildman–Crippen MR) is 96.1 cm³/mol. The Morgan fingerprint density at radius 1 is 1.12 bits per heavy atom. The van der Waals surface area contributed by atoms with Gasteiger partial charge in [0.25, 0.3) is 0 Å². The van der Waals surface area contributed by atoms with Crippen LogP contribution >= 0.6 is 0 Å². The van der Waals surface area contributed by atoms with E-state index in [0.29, 0.717) is 35.3 Å². The Morgan fingerprint density at radius 2 is 1.80 bits per heavy atom. The molecule has 1 aromatic rings. The van der Waals surface area contributed by atoms with Gasteiger partial charge in [0.15, 0.2) is 17.3 Å². The first-order valence-electron chi connectivity index (χ1n) is 8.71. The smallest absolute Gasteiger partial charge is 0.203 e. The Morgan fingerprint density at radius 3 is 2.36 bits per heavy atom. The van der Waals surface area contributed by atoms with E-state index < -0.39 is 0 Å². The molecule has 0 saturated carbocycles. The first-order valence-corrected chi connectivity index (χ1v) is 8.71. The molecule has 1 unspecified atom stereocenters. The molecule has 6 nitrogen and oxygen atoms in total. The Labute approximate surface area is 150 Å². The van der Waals surface area contributed by atoms with Gasteiger partial charge in [0.05, 0.1) is 27.4 Å². The van der Waals surface area contributed by atoms with Crippen molar-refractivity contribution >= 4 is 5.78 Å². The number of piperidine rings is 1. The summed E-state index contributed by atoms with van der Waals surface area (Å²) in [5.74, 6) is 1.59. The molecule has 1 atom stereocenters. The van der Waals surface area contributed by atoms with Crippen LogP contribution in [0.15, 0.2) is 12.1 Å². The van der Waals surface area contributed by atoms with Crippen LogP contribution in [0.2, 0.25) is 0 Å². The fourth-order valence-corrected chi connectivity index (χ4v) is 3.26. The highest BCUT2D eigenvalue weighted by Crippen LogP contribution is 2.38. The highest BCUT2D eigenvalue weighted by atomic mass is 16.5. The number of methoxy groups -OCH3 is 4. The van der Waals surface area contributed by atoms with Gasteiger partial charge >= 0.3 is 0 Å². The molecular weight excluding hydrogens is 322 g/mol. The van der Waals surface area contributed by atoms with Gasteiger partial charge in [0.2, 0.25) is 5.75 Å². The third kappa shape index (κ3) is 5.09. The van der Waals surface area contributed by atoms with Crippen LogP contribution in [0.25, 0.3) is 0 Å². The van der Waals surface area contributed by atoms with Crippen LogP contribution in [0, 0.1) is 0 Å². The predicted octanol–water partition coefficient (Wildman–Crippen LogP) is 2.79. The van der Waals surface area contributed by atoms with Crippen LogP contribution in [0.1, 0.15) is 36.0 Å². The molecule has 1 fully saturated rings. The Balaban J connectivity index is 1.94. The second-order valence-electron chi connectivity index (χ2n) is 6.24. The zero-order valence-electron chi connectivity index (χ0n) is 15.7. The van der Waals surface area contributed by atoms with E-state index >= 15 is 0 Å². The average Bonchev–Trinajstić information content (AvgIpc) is 2.66. The van der Waals surface area contributed by atoms with Gasteiger partial charge in [-0.3, -0.25) is 4.79 Å². The summed E-state index contributed by atoms with van der Waals surface area (Å²) in [6.45, 7) is 2.95. The molecule has 0 spiro atoms. The molecule has 0 aliphatic carbocycles. The number of hydrogen-bond acceptors (Lipinski definition) is 6. The Bertz CT molecular complexity index is 550. The maximum absolute atomic E-state index is 12.5. The van der Waals surface area contributed by atoms with E-state index in [1.165, 1.54) is 0 Å². The number of carbonyl (C=O) groups is 1. The van der Waals surface area contributed by atoms with Gasteiger partial charge in [-0.1, -0.05) is 0 Å². The third-order valence-electron chi connectivity index (χ3n) is 4.66. The van der Waals surface area contributed by atoms with Crippen molar-refractivity contribution in [1.29, 1.82) is 0 Å². The van der Waals surface area contributed by atoms with E-state index in [4.69, 9.17) is 18.9 Å². The molecule has 1 aromatic carbocycles. The number of carbonyl (C=O) groups excluding carboxylic acids is 1. The van der Waals surface area contributed by atoms with Crippen LogP contribution in [0.3, 0.4) is 0 Å². The minimum Gasteiger partial charge on any atom is -0.493 e. The maximum atomic E-state index is 12.5. The van der Waals surface area contributed by atoms with E-state index in [-0.39, 0.29) is 5.78 Å².